The Morgan fingerprint density at radius 3 is 1.56 bits per heavy atom. The number of carbonyl (C=O) groups is 1. The molecule has 0 bridgehead atoms. The Balaban J connectivity index is 2.07. The largest absolute Gasteiger partial charge is 0.507 e. The molecule has 8 nitrogen and oxygen atoms in total. The summed E-state index contributed by atoms with van der Waals surface area (Å²) in [5.74, 6) is -4.89. The molecule has 0 amide bonds. The maximum atomic E-state index is 12.7. The molecule has 0 spiro atoms. The molecule has 0 saturated carbocycles. The fraction of sp³-hybridized carbons (Fsp3) is 0.208. The Bertz CT molecular complexity index is 1390. The van der Waals surface area contributed by atoms with Crippen molar-refractivity contribution in [3.8, 4) is 11.5 Å². The van der Waals surface area contributed by atoms with Gasteiger partial charge in [-0.1, -0.05) is 26.0 Å². The van der Waals surface area contributed by atoms with Gasteiger partial charge in [0.1, 0.15) is 28.6 Å². The smallest absolute Gasteiger partial charge is 0.344 e. The molecular weight excluding hydrogens is 416 g/mol. The number of hydrogen-bond donors (Lipinski definition) is 3. The van der Waals surface area contributed by atoms with Gasteiger partial charge < -0.3 is 24.2 Å². The molecule has 2 aromatic heterocycles. The summed E-state index contributed by atoms with van der Waals surface area (Å²) in [7, 11) is 0. The molecule has 0 fully saturated rings. The standard InChI is InChI=1S/C24H20O8/c1-3-11-5-7-15-13(9-11)20(25)18(23(29)31-15)17(22(27)28)19-21(26)14-10-12(4-2)6-8-16(14)32-24(19)30/h5-10,17,25-26H,3-4H2,1-2H3,(H,27,28). The number of aliphatic carboxylic acids is 1. The van der Waals surface area contributed by atoms with E-state index in [9.17, 15) is 29.7 Å². The van der Waals surface area contributed by atoms with Gasteiger partial charge in [0.25, 0.3) is 0 Å². The van der Waals surface area contributed by atoms with E-state index in [1.54, 1.807) is 24.3 Å². The minimum atomic E-state index is -2.01. The third kappa shape index (κ3) is 3.30. The first-order valence-corrected chi connectivity index (χ1v) is 10.1. The molecule has 3 N–H and O–H groups in total. The summed E-state index contributed by atoms with van der Waals surface area (Å²) in [5, 5.41) is 31.9. The van der Waals surface area contributed by atoms with Crippen molar-refractivity contribution in [2.24, 2.45) is 0 Å². The molecule has 0 atom stereocenters. The maximum Gasteiger partial charge on any atom is 0.344 e. The lowest BCUT2D eigenvalue weighted by Gasteiger charge is -2.16. The fourth-order valence-corrected chi connectivity index (χ4v) is 3.84. The van der Waals surface area contributed by atoms with Crippen molar-refractivity contribution in [1.82, 2.24) is 0 Å². The molecule has 0 saturated heterocycles. The number of carboxylic acids is 1. The van der Waals surface area contributed by atoms with Crippen LogP contribution in [0.15, 0.2) is 54.8 Å². The molecule has 2 aromatic carbocycles. The third-order valence-corrected chi connectivity index (χ3v) is 5.59. The Labute approximate surface area is 181 Å². The van der Waals surface area contributed by atoms with Crippen molar-refractivity contribution in [2.45, 2.75) is 32.6 Å². The molecule has 2 heterocycles. The van der Waals surface area contributed by atoms with Crippen molar-refractivity contribution >= 4 is 27.9 Å². The first-order valence-electron chi connectivity index (χ1n) is 10.1. The molecule has 4 rings (SSSR count). The van der Waals surface area contributed by atoms with Crippen LogP contribution in [0.25, 0.3) is 21.9 Å². The minimum absolute atomic E-state index is 0.0694. The second-order valence-electron chi connectivity index (χ2n) is 7.44. The third-order valence-electron chi connectivity index (χ3n) is 5.59. The number of rotatable bonds is 5. The van der Waals surface area contributed by atoms with Gasteiger partial charge >= 0.3 is 17.2 Å². The van der Waals surface area contributed by atoms with Crippen molar-refractivity contribution in [3.63, 3.8) is 0 Å². The van der Waals surface area contributed by atoms with Crippen molar-refractivity contribution in [2.75, 3.05) is 0 Å². The quantitative estimate of drug-likeness (QED) is 0.403. The Morgan fingerprint density at radius 2 is 1.22 bits per heavy atom. The van der Waals surface area contributed by atoms with Gasteiger partial charge in [-0.3, -0.25) is 4.79 Å². The maximum absolute atomic E-state index is 12.7. The lowest BCUT2D eigenvalue weighted by molar-refractivity contribution is -0.137. The van der Waals surface area contributed by atoms with Crippen molar-refractivity contribution in [1.29, 1.82) is 0 Å². The molecule has 0 aliphatic rings. The topological polar surface area (TPSA) is 138 Å². The van der Waals surface area contributed by atoms with Gasteiger partial charge in [-0.15, -0.1) is 0 Å². The van der Waals surface area contributed by atoms with Crippen LogP contribution in [0.3, 0.4) is 0 Å². The van der Waals surface area contributed by atoms with Gasteiger partial charge in [0.15, 0.2) is 0 Å². The minimum Gasteiger partial charge on any atom is -0.507 e. The number of benzene rings is 2. The molecule has 164 valence electrons. The fourth-order valence-electron chi connectivity index (χ4n) is 3.84. The molecule has 4 aromatic rings. The molecular formula is C24H20O8. The highest BCUT2D eigenvalue weighted by atomic mass is 16.4. The molecule has 0 aliphatic carbocycles. The first-order chi connectivity index (χ1) is 15.3. The Hall–Kier alpha value is -4.07. The number of hydrogen-bond acceptors (Lipinski definition) is 7. The number of aromatic hydroxyl groups is 2. The van der Waals surface area contributed by atoms with E-state index in [-0.39, 0.29) is 21.9 Å². The van der Waals surface area contributed by atoms with Crippen LogP contribution in [0, 0.1) is 0 Å². The first kappa shape index (κ1) is 21.2. The van der Waals surface area contributed by atoms with Crippen LogP contribution in [-0.2, 0) is 17.6 Å². The lowest BCUT2D eigenvalue weighted by Crippen LogP contribution is -2.26. The van der Waals surface area contributed by atoms with Crippen molar-refractivity contribution in [3.05, 3.63) is 79.5 Å². The molecule has 32 heavy (non-hydrogen) atoms. The van der Waals surface area contributed by atoms with E-state index in [1.807, 2.05) is 13.8 Å². The molecule has 0 aliphatic heterocycles. The van der Waals surface area contributed by atoms with Gasteiger partial charge in [-0.2, -0.15) is 0 Å². The summed E-state index contributed by atoms with van der Waals surface area (Å²) in [4.78, 5) is 37.7. The zero-order valence-electron chi connectivity index (χ0n) is 17.3. The van der Waals surface area contributed by atoms with Crippen LogP contribution in [0.2, 0.25) is 0 Å². The van der Waals surface area contributed by atoms with E-state index in [0.29, 0.717) is 12.8 Å². The number of carboxylic acid groups (broad SMARTS) is 1. The van der Waals surface area contributed by atoms with E-state index in [0.717, 1.165) is 11.1 Å². The van der Waals surface area contributed by atoms with E-state index in [4.69, 9.17) is 8.83 Å². The normalized spacial score (nSPS) is 11.5. The predicted octanol–water partition coefficient (Wildman–Crippen LogP) is 3.65. The average molecular weight is 436 g/mol. The van der Waals surface area contributed by atoms with Crippen LogP contribution < -0.4 is 11.3 Å². The van der Waals surface area contributed by atoms with Gasteiger partial charge in [0.2, 0.25) is 0 Å². The van der Waals surface area contributed by atoms with E-state index in [2.05, 4.69) is 0 Å². The Kier molecular flexibility index (Phi) is 5.22. The summed E-state index contributed by atoms with van der Waals surface area (Å²) in [6.07, 6.45) is 1.25. The molecule has 8 heteroatoms. The number of fused-ring (bicyclic) bond motifs is 2. The Morgan fingerprint density at radius 1 is 0.812 bits per heavy atom. The van der Waals surface area contributed by atoms with Crippen LogP contribution >= 0.6 is 0 Å². The predicted molar refractivity (Wildman–Crippen MR) is 117 cm³/mol. The van der Waals surface area contributed by atoms with Gasteiger partial charge in [0.05, 0.1) is 21.9 Å². The van der Waals surface area contributed by atoms with E-state index in [1.165, 1.54) is 12.1 Å². The monoisotopic (exact) mass is 436 g/mol. The van der Waals surface area contributed by atoms with Crippen LogP contribution in [0.1, 0.15) is 42.0 Å². The van der Waals surface area contributed by atoms with Crippen LogP contribution in [0.4, 0.5) is 0 Å². The summed E-state index contributed by atoms with van der Waals surface area (Å²) < 4.78 is 10.5. The van der Waals surface area contributed by atoms with Crippen molar-refractivity contribution < 1.29 is 28.9 Å². The average Bonchev–Trinajstić information content (AvgIpc) is 2.77. The zero-order valence-corrected chi connectivity index (χ0v) is 17.3. The van der Waals surface area contributed by atoms with Crippen LogP contribution in [0.5, 0.6) is 11.5 Å². The lowest BCUT2D eigenvalue weighted by atomic mass is 9.90. The SMILES string of the molecule is CCc1ccc2oc(=O)c(C(C(=O)O)c3c(O)c4cc(CC)ccc4oc3=O)c(O)c2c1. The second kappa shape index (κ2) is 7.88. The van der Waals surface area contributed by atoms with E-state index >= 15 is 0 Å². The van der Waals surface area contributed by atoms with Crippen LogP contribution in [-0.4, -0.2) is 21.3 Å². The highest BCUT2D eigenvalue weighted by Gasteiger charge is 2.36. The van der Waals surface area contributed by atoms with Gasteiger partial charge in [0, 0.05) is 0 Å². The molecule has 0 radical (unpaired) electrons. The van der Waals surface area contributed by atoms with E-state index < -0.39 is 45.8 Å². The number of aryl methyl sites for hydroxylation is 2. The van der Waals surface area contributed by atoms with Gasteiger partial charge in [-0.25, -0.2) is 9.59 Å². The summed E-state index contributed by atoms with van der Waals surface area (Å²) in [6, 6.07) is 9.59. The zero-order chi connectivity index (χ0) is 23.2. The summed E-state index contributed by atoms with van der Waals surface area (Å²) in [5.41, 5.74) is -1.81. The molecule has 0 unspecified atom stereocenters. The second-order valence-corrected chi connectivity index (χ2v) is 7.44. The summed E-state index contributed by atoms with van der Waals surface area (Å²) >= 11 is 0. The highest BCUT2D eigenvalue weighted by molar-refractivity contribution is 5.92. The highest BCUT2D eigenvalue weighted by Crippen LogP contribution is 2.39. The summed E-state index contributed by atoms with van der Waals surface area (Å²) in [6.45, 7) is 3.78. The van der Waals surface area contributed by atoms with Gasteiger partial charge in [-0.05, 0) is 48.2 Å².